The summed E-state index contributed by atoms with van der Waals surface area (Å²) >= 11 is 0. The topological polar surface area (TPSA) is 33.1 Å². The highest BCUT2D eigenvalue weighted by molar-refractivity contribution is 5.16. The van der Waals surface area contributed by atoms with Gasteiger partial charge in [0.05, 0.1) is 5.69 Å². The van der Waals surface area contributed by atoms with Gasteiger partial charge in [0.25, 0.3) is 0 Å². The summed E-state index contributed by atoms with van der Waals surface area (Å²) in [6, 6.07) is 0. The van der Waals surface area contributed by atoms with Crippen molar-refractivity contribution in [2.75, 3.05) is 27.2 Å². The van der Waals surface area contributed by atoms with E-state index in [4.69, 9.17) is 0 Å². The third-order valence-electron chi connectivity index (χ3n) is 2.60. The summed E-state index contributed by atoms with van der Waals surface area (Å²) in [7, 11) is 6.20. The zero-order valence-corrected chi connectivity index (χ0v) is 11.0. The zero-order chi connectivity index (χ0) is 12.0. The zero-order valence-electron chi connectivity index (χ0n) is 11.0. The van der Waals surface area contributed by atoms with Gasteiger partial charge in [0.2, 0.25) is 0 Å². The second-order valence-electron chi connectivity index (χ2n) is 4.46. The molecule has 0 radical (unpaired) electrons. The molecular formula is C12H24N4. The van der Waals surface area contributed by atoms with Crippen molar-refractivity contribution < 1.29 is 0 Å². The van der Waals surface area contributed by atoms with E-state index >= 15 is 0 Å². The van der Waals surface area contributed by atoms with Gasteiger partial charge in [-0.15, -0.1) is 0 Å². The van der Waals surface area contributed by atoms with Crippen LogP contribution in [0.2, 0.25) is 0 Å². The minimum atomic E-state index is 0.935. The number of nitrogens with zero attached hydrogens (tertiary/aromatic N) is 3. The van der Waals surface area contributed by atoms with Crippen molar-refractivity contribution in [3.8, 4) is 0 Å². The molecule has 0 saturated carbocycles. The summed E-state index contributed by atoms with van der Waals surface area (Å²) in [5.74, 6) is 0. The monoisotopic (exact) mass is 224 g/mol. The van der Waals surface area contributed by atoms with Crippen LogP contribution in [0.5, 0.6) is 0 Å². The van der Waals surface area contributed by atoms with E-state index in [1.54, 1.807) is 0 Å². The molecule has 0 aromatic carbocycles. The summed E-state index contributed by atoms with van der Waals surface area (Å²) in [6.45, 7) is 5.29. The van der Waals surface area contributed by atoms with E-state index < -0.39 is 0 Å². The number of hydrogen-bond acceptors (Lipinski definition) is 3. The van der Waals surface area contributed by atoms with Gasteiger partial charge in [-0.05, 0) is 40.0 Å². The lowest BCUT2D eigenvalue weighted by Gasteiger charge is -2.09. The Hall–Kier alpha value is -0.870. The lowest BCUT2D eigenvalue weighted by atomic mass is 10.2. The highest BCUT2D eigenvalue weighted by atomic mass is 15.3. The van der Waals surface area contributed by atoms with E-state index in [0.717, 1.165) is 26.1 Å². The fraction of sp³-hybridized carbons (Fsp3) is 0.750. The minimum Gasteiger partial charge on any atom is -0.312 e. The summed E-state index contributed by atoms with van der Waals surface area (Å²) in [5.41, 5.74) is 2.54. The third kappa shape index (κ3) is 4.33. The van der Waals surface area contributed by atoms with Gasteiger partial charge in [-0.2, -0.15) is 5.10 Å². The summed E-state index contributed by atoms with van der Waals surface area (Å²) in [5, 5.41) is 7.89. The standard InChI is InChI=1S/C12H24N4/c1-5-12-11(10-16(4)14-12)9-13-7-6-8-15(2)3/h10,13H,5-9H2,1-4H3. The van der Waals surface area contributed by atoms with Gasteiger partial charge in [0.15, 0.2) is 0 Å². The van der Waals surface area contributed by atoms with Crippen LogP contribution in [0, 0.1) is 0 Å². The number of nitrogens with one attached hydrogen (secondary N) is 1. The Balaban J connectivity index is 2.26. The molecule has 1 N–H and O–H groups in total. The summed E-state index contributed by atoms with van der Waals surface area (Å²) < 4.78 is 1.90. The lowest BCUT2D eigenvalue weighted by Crippen LogP contribution is -2.21. The first-order valence-electron chi connectivity index (χ1n) is 6.00. The molecule has 1 aromatic heterocycles. The van der Waals surface area contributed by atoms with Crippen LogP contribution in [0.4, 0.5) is 0 Å². The largest absolute Gasteiger partial charge is 0.312 e. The van der Waals surface area contributed by atoms with E-state index in [1.807, 2.05) is 11.7 Å². The Bertz CT molecular complexity index is 304. The molecular weight excluding hydrogens is 200 g/mol. The van der Waals surface area contributed by atoms with Gasteiger partial charge in [0.1, 0.15) is 0 Å². The van der Waals surface area contributed by atoms with Crippen molar-refractivity contribution in [2.45, 2.75) is 26.3 Å². The number of rotatable bonds is 7. The molecule has 0 unspecified atom stereocenters. The third-order valence-corrected chi connectivity index (χ3v) is 2.60. The van der Waals surface area contributed by atoms with Gasteiger partial charge >= 0.3 is 0 Å². The van der Waals surface area contributed by atoms with E-state index in [-0.39, 0.29) is 0 Å². The first-order valence-corrected chi connectivity index (χ1v) is 6.00. The second kappa shape index (κ2) is 6.66. The van der Waals surface area contributed by atoms with Crippen LogP contribution in [0.15, 0.2) is 6.20 Å². The fourth-order valence-electron chi connectivity index (χ4n) is 1.77. The minimum absolute atomic E-state index is 0.935. The summed E-state index contributed by atoms with van der Waals surface area (Å²) in [4.78, 5) is 2.21. The van der Waals surface area contributed by atoms with Crippen molar-refractivity contribution in [1.29, 1.82) is 0 Å². The van der Waals surface area contributed by atoms with Gasteiger partial charge in [-0.25, -0.2) is 0 Å². The molecule has 0 amide bonds. The number of aryl methyl sites for hydroxylation is 2. The molecule has 0 aliphatic carbocycles. The molecule has 1 rings (SSSR count). The number of hydrogen-bond donors (Lipinski definition) is 1. The smallest absolute Gasteiger partial charge is 0.0666 e. The Kier molecular flexibility index (Phi) is 5.49. The maximum absolute atomic E-state index is 4.42. The van der Waals surface area contributed by atoms with Gasteiger partial charge in [0, 0.05) is 25.4 Å². The van der Waals surface area contributed by atoms with Gasteiger partial charge < -0.3 is 10.2 Å². The van der Waals surface area contributed by atoms with Crippen molar-refractivity contribution in [2.24, 2.45) is 7.05 Å². The van der Waals surface area contributed by atoms with Crippen molar-refractivity contribution in [1.82, 2.24) is 20.0 Å². The van der Waals surface area contributed by atoms with Crippen LogP contribution >= 0.6 is 0 Å². The van der Waals surface area contributed by atoms with Crippen LogP contribution in [-0.2, 0) is 20.0 Å². The molecule has 0 aliphatic heterocycles. The highest BCUT2D eigenvalue weighted by Gasteiger charge is 2.04. The molecule has 4 heteroatoms. The molecule has 0 bridgehead atoms. The molecule has 1 heterocycles. The van der Waals surface area contributed by atoms with Crippen molar-refractivity contribution in [3.63, 3.8) is 0 Å². The first-order chi connectivity index (χ1) is 7.63. The molecule has 4 nitrogen and oxygen atoms in total. The van der Waals surface area contributed by atoms with Crippen LogP contribution < -0.4 is 5.32 Å². The Labute approximate surface area is 98.6 Å². The van der Waals surface area contributed by atoms with Crippen LogP contribution in [0.3, 0.4) is 0 Å². The molecule has 16 heavy (non-hydrogen) atoms. The normalized spacial score (nSPS) is 11.3. The molecule has 0 aliphatic rings. The Morgan fingerprint density at radius 1 is 1.44 bits per heavy atom. The molecule has 0 fully saturated rings. The predicted octanol–water partition coefficient (Wildman–Crippen LogP) is 1.02. The second-order valence-corrected chi connectivity index (χ2v) is 4.46. The number of aromatic nitrogens is 2. The molecule has 0 saturated heterocycles. The maximum atomic E-state index is 4.42. The van der Waals surface area contributed by atoms with Gasteiger partial charge in [-0.3, -0.25) is 4.68 Å². The average Bonchev–Trinajstić information content (AvgIpc) is 2.58. The van der Waals surface area contributed by atoms with Gasteiger partial charge in [-0.1, -0.05) is 6.92 Å². The van der Waals surface area contributed by atoms with E-state index in [0.29, 0.717) is 0 Å². The first kappa shape index (κ1) is 13.2. The maximum Gasteiger partial charge on any atom is 0.0666 e. The quantitative estimate of drug-likeness (QED) is 0.702. The Morgan fingerprint density at radius 3 is 2.81 bits per heavy atom. The molecule has 0 atom stereocenters. The van der Waals surface area contributed by atoms with E-state index in [1.165, 1.54) is 17.7 Å². The lowest BCUT2D eigenvalue weighted by molar-refractivity contribution is 0.394. The Morgan fingerprint density at radius 2 is 2.19 bits per heavy atom. The molecule has 92 valence electrons. The van der Waals surface area contributed by atoms with Crippen LogP contribution in [0.1, 0.15) is 24.6 Å². The van der Waals surface area contributed by atoms with Crippen molar-refractivity contribution >= 4 is 0 Å². The predicted molar refractivity (Wildman–Crippen MR) is 67.5 cm³/mol. The SMILES string of the molecule is CCc1nn(C)cc1CNCCCN(C)C. The van der Waals surface area contributed by atoms with Crippen molar-refractivity contribution in [3.05, 3.63) is 17.5 Å². The van der Waals surface area contributed by atoms with Crippen LogP contribution in [-0.4, -0.2) is 41.9 Å². The fourth-order valence-corrected chi connectivity index (χ4v) is 1.77. The summed E-state index contributed by atoms with van der Waals surface area (Å²) in [6.07, 6.45) is 4.31. The highest BCUT2D eigenvalue weighted by Crippen LogP contribution is 2.06. The average molecular weight is 224 g/mol. The van der Waals surface area contributed by atoms with Crippen LogP contribution in [0.25, 0.3) is 0 Å². The van der Waals surface area contributed by atoms with E-state index in [2.05, 4.69) is 42.5 Å². The van der Waals surface area contributed by atoms with E-state index in [9.17, 15) is 0 Å². The molecule has 1 aromatic rings. The molecule has 0 spiro atoms.